The van der Waals surface area contributed by atoms with Crippen molar-refractivity contribution in [3.8, 4) is 0 Å². The van der Waals surface area contributed by atoms with Crippen LogP contribution in [-0.4, -0.2) is 11.5 Å². The van der Waals surface area contributed by atoms with Gasteiger partial charge >= 0.3 is 0 Å². The standard InChI is InChI=1S/C22H17BrN2S/c23-16-12-10-15(11-13-16)22-19-14-26-20-9-5-4-8-18(20)21(19)24-25(22)17-6-2-1-3-7-17/h1-13,19,22H,14H2/t19-,22+/m1/s1. The van der Waals surface area contributed by atoms with Crippen LogP contribution < -0.4 is 5.01 Å². The van der Waals surface area contributed by atoms with E-state index in [1.54, 1.807) is 0 Å². The number of thioether (sulfide) groups is 1. The molecule has 2 nitrogen and oxygen atoms in total. The summed E-state index contributed by atoms with van der Waals surface area (Å²) in [6, 6.07) is 28.1. The molecule has 0 spiro atoms. The molecule has 0 aromatic heterocycles. The van der Waals surface area contributed by atoms with Crippen LogP contribution in [0.2, 0.25) is 0 Å². The van der Waals surface area contributed by atoms with E-state index in [4.69, 9.17) is 5.10 Å². The Labute approximate surface area is 166 Å². The predicted molar refractivity (Wildman–Crippen MR) is 113 cm³/mol. The second-order valence-corrected chi connectivity index (χ2v) is 8.55. The molecule has 0 fully saturated rings. The Kier molecular flexibility index (Phi) is 4.10. The lowest BCUT2D eigenvalue weighted by Gasteiger charge is -2.30. The summed E-state index contributed by atoms with van der Waals surface area (Å²) in [6.45, 7) is 0. The van der Waals surface area contributed by atoms with E-state index in [9.17, 15) is 0 Å². The highest BCUT2D eigenvalue weighted by Gasteiger charge is 2.42. The average molecular weight is 421 g/mol. The molecule has 0 radical (unpaired) electrons. The van der Waals surface area contributed by atoms with Crippen LogP contribution >= 0.6 is 27.7 Å². The Morgan fingerprint density at radius 2 is 1.62 bits per heavy atom. The molecule has 0 amide bonds. The van der Waals surface area contributed by atoms with Crippen molar-refractivity contribution in [1.29, 1.82) is 0 Å². The molecule has 4 heteroatoms. The molecule has 0 aliphatic carbocycles. The molecular formula is C22H17BrN2S. The highest BCUT2D eigenvalue weighted by atomic mass is 79.9. The van der Waals surface area contributed by atoms with Crippen molar-refractivity contribution in [2.45, 2.75) is 10.9 Å². The maximum atomic E-state index is 5.13. The number of hydrogen-bond donors (Lipinski definition) is 0. The number of fused-ring (bicyclic) bond motifs is 3. The first-order valence-corrected chi connectivity index (χ1v) is 10.5. The number of hydrazone groups is 1. The van der Waals surface area contributed by atoms with E-state index in [2.05, 4.69) is 99.8 Å². The van der Waals surface area contributed by atoms with Gasteiger partial charge in [0.1, 0.15) is 0 Å². The summed E-state index contributed by atoms with van der Waals surface area (Å²) in [7, 11) is 0. The molecule has 2 heterocycles. The number of nitrogens with zero attached hydrogens (tertiary/aromatic N) is 2. The zero-order valence-corrected chi connectivity index (χ0v) is 16.5. The first-order valence-electron chi connectivity index (χ1n) is 8.72. The summed E-state index contributed by atoms with van der Waals surface area (Å²) < 4.78 is 1.11. The third-order valence-corrected chi connectivity index (χ3v) is 6.75. The van der Waals surface area contributed by atoms with Gasteiger partial charge in [-0.25, -0.2) is 0 Å². The smallest absolute Gasteiger partial charge is 0.0868 e. The Balaban J connectivity index is 1.65. The van der Waals surface area contributed by atoms with Crippen molar-refractivity contribution < 1.29 is 0 Å². The second-order valence-electron chi connectivity index (χ2n) is 6.58. The summed E-state index contributed by atoms with van der Waals surface area (Å²) in [5.74, 6) is 1.44. The van der Waals surface area contributed by atoms with Crippen LogP contribution in [0.3, 0.4) is 0 Å². The Hall–Kier alpha value is -2.04. The van der Waals surface area contributed by atoms with Crippen molar-refractivity contribution in [3.63, 3.8) is 0 Å². The van der Waals surface area contributed by atoms with Gasteiger partial charge in [-0.1, -0.05) is 64.5 Å². The highest BCUT2D eigenvalue weighted by Crippen LogP contribution is 2.46. The first-order chi connectivity index (χ1) is 12.8. The molecule has 0 saturated heterocycles. The van der Waals surface area contributed by atoms with Crippen molar-refractivity contribution in [3.05, 3.63) is 94.5 Å². The Morgan fingerprint density at radius 1 is 0.885 bits per heavy atom. The van der Waals surface area contributed by atoms with E-state index in [1.165, 1.54) is 21.7 Å². The number of anilines is 1. The van der Waals surface area contributed by atoms with E-state index in [-0.39, 0.29) is 6.04 Å². The highest BCUT2D eigenvalue weighted by molar-refractivity contribution is 9.10. The fraction of sp³-hybridized carbons (Fsp3) is 0.136. The fourth-order valence-corrected chi connectivity index (χ4v) is 5.28. The van der Waals surface area contributed by atoms with E-state index in [0.29, 0.717) is 5.92 Å². The Morgan fingerprint density at radius 3 is 2.42 bits per heavy atom. The number of benzene rings is 3. The summed E-state index contributed by atoms with van der Waals surface area (Å²) in [6.07, 6.45) is 0. The SMILES string of the molecule is Brc1ccc([C@H]2[C@@H]3CSc4ccccc4C3=NN2c2ccccc2)cc1. The molecular weight excluding hydrogens is 404 g/mol. The minimum absolute atomic E-state index is 0.223. The van der Waals surface area contributed by atoms with Gasteiger partial charge in [0.25, 0.3) is 0 Å². The van der Waals surface area contributed by atoms with E-state index in [0.717, 1.165) is 15.9 Å². The zero-order chi connectivity index (χ0) is 17.5. The van der Waals surface area contributed by atoms with Gasteiger partial charge in [-0.3, -0.25) is 5.01 Å². The van der Waals surface area contributed by atoms with Gasteiger partial charge in [-0.15, -0.1) is 11.8 Å². The van der Waals surface area contributed by atoms with Crippen molar-refractivity contribution in [2.24, 2.45) is 11.0 Å². The van der Waals surface area contributed by atoms with Gasteiger partial charge in [0.05, 0.1) is 17.4 Å². The summed E-state index contributed by atoms with van der Waals surface area (Å²) in [5.41, 5.74) is 4.95. The van der Waals surface area contributed by atoms with Gasteiger partial charge < -0.3 is 0 Å². The van der Waals surface area contributed by atoms with Crippen LogP contribution in [0, 0.1) is 5.92 Å². The van der Waals surface area contributed by atoms with Crippen LogP contribution in [0.25, 0.3) is 0 Å². The van der Waals surface area contributed by atoms with Crippen LogP contribution in [0.4, 0.5) is 5.69 Å². The Bertz CT molecular complexity index is 969. The molecule has 5 rings (SSSR count). The lowest BCUT2D eigenvalue weighted by atomic mass is 9.88. The second kappa shape index (κ2) is 6.60. The molecule has 0 unspecified atom stereocenters. The molecule has 26 heavy (non-hydrogen) atoms. The average Bonchev–Trinajstić information content (AvgIpc) is 3.09. The van der Waals surface area contributed by atoms with Gasteiger partial charge in [0, 0.05) is 26.6 Å². The molecule has 2 atom stereocenters. The molecule has 2 aliphatic heterocycles. The maximum absolute atomic E-state index is 5.13. The van der Waals surface area contributed by atoms with E-state index < -0.39 is 0 Å². The number of hydrogen-bond acceptors (Lipinski definition) is 3. The van der Waals surface area contributed by atoms with Crippen molar-refractivity contribution in [1.82, 2.24) is 0 Å². The fourth-order valence-electron chi connectivity index (χ4n) is 3.81. The van der Waals surface area contributed by atoms with Crippen LogP contribution in [0.1, 0.15) is 17.2 Å². The number of rotatable bonds is 2. The largest absolute Gasteiger partial charge is 0.257 e. The lowest BCUT2D eigenvalue weighted by Crippen LogP contribution is -2.29. The third kappa shape index (κ3) is 2.68. The molecule has 0 N–H and O–H groups in total. The summed E-state index contributed by atoms with van der Waals surface area (Å²) in [5, 5.41) is 7.34. The van der Waals surface area contributed by atoms with Crippen molar-refractivity contribution in [2.75, 3.05) is 10.8 Å². The first kappa shape index (κ1) is 16.2. The van der Waals surface area contributed by atoms with E-state index >= 15 is 0 Å². The third-order valence-electron chi connectivity index (χ3n) is 5.02. The van der Waals surface area contributed by atoms with Gasteiger partial charge in [0.15, 0.2) is 0 Å². The molecule has 128 valence electrons. The van der Waals surface area contributed by atoms with Crippen LogP contribution in [0.5, 0.6) is 0 Å². The minimum atomic E-state index is 0.223. The minimum Gasteiger partial charge on any atom is -0.257 e. The topological polar surface area (TPSA) is 15.6 Å². The summed E-state index contributed by atoms with van der Waals surface area (Å²) >= 11 is 5.51. The molecule has 0 bridgehead atoms. The number of halogens is 1. The van der Waals surface area contributed by atoms with Gasteiger partial charge in [-0.2, -0.15) is 5.10 Å². The molecule has 3 aromatic carbocycles. The molecule has 3 aromatic rings. The monoisotopic (exact) mass is 420 g/mol. The summed E-state index contributed by atoms with van der Waals surface area (Å²) in [4.78, 5) is 1.34. The van der Waals surface area contributed by atoms with Gasteiger partial charge in [0.2, 0.25) is 0 Å². The van der Waals surface area contributed by atoms with Gasteiger partial charge in [-0.05, 0) is 35.9 Å². The van der Waals surface area contributed by atoms with E-state index in [1.807, 2.05) is 11.8 Å². The zero-order valence-electron chi connectivity index (χ0n) is 14.0. The predicted octanol–water partition coefficient (Wildman–Crippen LogP) is 6.14. The quantitative estimate of drug-likeness (QED) is 0.494. The van der Waals surface area contributed by atoms with Crippen LogP contribution in [0.15, 0.2) is 93.3 Å². The molecule has 0 saturated carbocycles. The molecule has 2 aliphatic rings. The number of para-hydroxylation sites is 1. The van der Waals surface area contributed by atoms with Crippen LogP contribution in [-0.2, 0) is 0 Å². The normalized spacial score (nSPS) is 21.1. The maximum Gasteiger partial charge on any atom is 0.0868 e. The van der Waals surface area contributed by atoms with Crippen molar-refractivity contribution >= 4 is 39.1 Å². The lowest BCUT2D eigenvalue weighted by molar-refractivity contribution is 0.593.